The number of carbonyl (C=O) groups is 1. The van der Waals surface area contributed by atoms with Crippen LogP contribution in [0.4, 0.5) is 0 Å². The monoisotopic (exact) mass is 311 g/mol. The van der Waals surface area contributed by atoms with Crippen LogP contribution >= 0.6 is 15.9 Å². The van der Waals surface area contributed by atoms with Gasteiger partial charge in [0.15, 0.2) is 0 Å². The van der Waals surface area contributed by atoms with Crippen LogP contribution in [-0.4, -0.2) is 24.7 Å². The number of ether oxygens (including phenoxy) is 1. The minimum atomic E-state index is 0.00435. The maximum absolute atomic E-state index is 12.1. The summed E-state index contributed by atoms with van der Waals surface area (Å²) in [7, 11) is 0. The highest BCUT2D eigenvalue weighted by Crippen LogP contribution is 2.18. The number of hydrogen-bond donors (Lipinski definition) is 1. The van der Waals surface area contributed by atoms with Gasteiger partial charge in [-0.1, -0.05) is 15.9 Å². The predicted molar refractivity (Wildman–Crippen MR) is 74.8 cm³/mol. The first-order chi connectivity index (χ1) is 8.56. The first-order valence-electron chi connectivity index (χ1n) is 6.25. The minimum absolute atomic E-state index is 0.00435. The molecule has 98 valence electrons. The van der Waals surface area contributed by atoms with Crippen molar-refractivity contribution in [2.24, 2.45) is 0 Å². The summed E-state index contributed by atoms with van der Waals surface area (Å²) < 4.78 is 6.50. The molecule has 0 bridgehead atoms. The van der Waals surface area contributed by atoms with Gasteiger partial charge in [-0.3, -0.25) is 4.79 Å². The Morgan fingerprint density at radius 3 is 2.94 bits per heavy atom. The Morgan fingerprint density at radius 1 is 1.50 bits per heavy atom. The lowest BCUT2D eigenvalue weighted by Crippen LogP contribution is -2.41. The van der Waals surface area contributed by atoms with Crippen LogP contribution in [0, 0.1) is 6.92 Å². The van der Waals surface area contributed by atoms with E-state index in [1.807, 2.05) is 32.0 Å². The molecular formula is C14H18BrNO2. The normalized spacial score (nSPS) is 23.7. The maximum Gasteiger partial charge on any atom is 0.251 e. The third-order valence-electron chi connectivity index (χ3n) is 3.24. The lowest BCUT2D eigenvalue weighted by atomic mass is 10.0. The van der Waals surface area contributed by atoms with Crippen LogP contribution in [0.15, 0.2) is 22.7 Å². The molecule has 0 saturated carbocycles. The van der Waals surface area contributed by atoms with Gasteiger partial charge in [-0.2, -0.15) is 0 Å². The Hall–Kier alpha value is -0.870. The van der Waals surface area contributed by atoms with Crippen molar-refractivity contribution in [2.75, 3.05) is 6.61 Å². The smallest absolute Gasteiger partial charge is 0.251 e. The molecule has 3 nitrogen and oxygen atoms in total. The van der Waals surface area contributed by atoms with Crippen LogP contribution in [0.5, 0.6) is 0 Å². The number of hydrogen-bond acceptors (Lipinski definition) is 2. The molecule has 1 aromatic rings. The standard InChI is InChI=1S/C14H18BrNO2/c1-9-7-11(3-4-13(9)15)14(17)16-12-5-6-18-10(2)8-12/h3-4,7,10,12H,5-6,8H2,1-2H3,(H,16,17). The van der Waals surface area contributed by atoms with Gasteiger partial charge in [0.2, 0.25) is 0 Å². The van der Waals surface area contributed by atoms with Crippen LogP contribution in [0.25, 0.3) is 0 Å². The SMILES string of the molecule is Cc1cc(C(=O)NC2CCOC(C)C2)ccc1Br. The van der Waals surface area contributed by atoms with Crippen molar-refractivity contribution < 1.29 is 9.53 Å². The third-order valence-corrected chi connectivity index (χ3v) is 4.13. The minimum Gasteiger partial charge on any atom is -0.378 e. The largest absolute Gasteiger partial charge is 0.378 e. The van der Waals surface area contributed by atoms with Crippen LogP contribution in [0.2, 0.25) is 0 Å². The molecule has 1 aliphatic rings. The van der Waals surface area contributed by atoms with Crippen molar-refractivity contribution >= 4 is 21.8 Å². The fourth-order valence-electron chi connectivity index (χ4n) is 2.18. The summed E-state index contributed by atoms with van der Waals surface area (Å²) >= 11 is 3.44. The molecule has 1 N–H and O–H groups in total. The Balaban J connectivity index is 2.00. The Bertz CT molecular complexity index is 447. The summed E-state index contributed by atoms with van der Waals surface area (Å²) in [6.45, 7) is 4.75. The number of nitrogens with one attached hydrogen (secondary N) is 1. The van der Waals surface area contributed by atoms with Crippen LogP contribution < -0.4 is 5.32 Å². The molecule has 18 heavy (non-hydrogen) atoms. The van der Waals surface area contributed by atoms with Crippen molar-refractivity contribution in [2.45, 2.75) is 38.8 Å². The van der Waals surface area contributed by atoms with Gasteiger partial charge in [0.1, 0.15) is 0 Å². The van der Waals surface area contributed by atoms with E-state index in [1.165, 1.54) is 0 Å². The van der Waals surface area contributed by atoms with Crippen LogP contribution in [-0.2, 0) is 4.74 Å². The summed E-state index contributed by atoms with van der Waals surface area (Å²) in [5.74, 6) is 0.00435. The van der Waals surface area contributed by atoms with Gasteiger partial charge in [-0.05, 0) is 50.5 Å². The molecule has 0 aliphatic carbocycles. The molecule has 0 aromatic heterocycles. The molecule has 1 amide bonds. The van der Waals surface area contributed by atoms with Gasteiger partial charge in [-0.15, -0.1) is 0 Å². The van der Waals surface area contributed by atoms with Crippen LogP contribution in [0.3, 0.4) is 0 Å². The quantitative estimate of drug-likeness (QED) is 0.911. The molecule has 4 heteroatoms. The zero-order valence-corrected chi connectivity index (χ0v) is 12.3. The third kappa shape index (κ3) is 3.33. The Kier molecular flexibility index (Phi) is 4.40. The highest BCUT2D eigenvalue weighted by Gasteiger charge is 2.21. The molecule has 2 unspecified atom stereocenters. The first-order valence-corrected chi connectivity index (χ1v) is 7.04. The van der Waals surface area contributed by atoms with E-state index in [-0.39, 0.29) is 18.1 Å². The van der Waals surface area contributed by atoms with Gasteiger partial charge in [0, 0.05) is 22.7 Å². The lowest BCUT2D eigenvalue weighted by Gasteiger charge is -2.28. The first kappa shape index (κ1) is 13.6. The molecule has 2 atom stereocenters. The van der Waals surface area contributed by atoms with Gasteiger partial charge >= 0.3 is 0 Å². The zero-order valence-electron chi connectivity index (χ0n) is 10.7. The van der Waals surface area contributed by atoms with Crippen molar-refractivity contribution in [3.05, 3.63) is 33.8 Å². The number of halogens is 1. The summed E-state index contributed by atoms with van der Waals surface area (Å²) in [6.07, 6.45) is 2.02. The van der Waals surface area contributed by atoms with Crippen molar-refractivity contribution in [3.63, 3.8) is 0 Å². The van der Waals surface area contributed by atoms with E-state index in [9.17, 15) is 4.79 Å². The van der Waals surface area contributed by atoms with Gasteiger partial charge in [0.05, 0.1) is 6.10 Å². The Morgan fingerprint density at radius 2 is 2.28 bits per heavy atom. The topological polar surface area (TPSA) is 38.3 Å². The van der Waals surface area contributed by atoms with E-state index in [1.54, 1.807) is 0 Å². The lowest BCUT2D eigenvalue weighted by molar-refractivity contribution is 0.0136. The van der Waals surface area contributed by atoms with Gasteiger partial charge in [0.25, 0.3) is 5.91 Å². The Labute approximate surface area is 116 Å². The number of benzene rings is 1. The summed E-state index contributed by atoms with van der Waals surface area (Å²) in [4.78, 5) is 12.1. The van der Waals surface area contributed by atoms with E-state index < -0.39 is 0 Å². The predicted octanol–water partition coefficient (Wildman–Crippen LogP) is 3.05. The molecule has 1 aromatic carbocycles. The molecule has 1 saturated heterocycles. The van der Waals surface area contributed by atoms with Crippen LogP contribution in [0.1, 0.15) is 35.7 Å². The van der Waals surface area contributed by atoms with E-state index in [0.29, 0.717) is 0 Å². The second kappa shape index (κ2) is 5.85. The molecule has 2 rings (SSSR count). The highest BCUT2D eigenvalue weighted by molar-refractivity contribution is 9.10. The van der Waals surface area contributed by atoms with E-state index in [4.69, 9.17) is 4.74 Å². The number of carbonyl (C=O) groups excluding carboxylic acids is 1. The molecule has 1 heterocycles. The summed E-state index contributed by atoms with van der Waals surface area (Å²) in [5, 5.41) is 3.08. The molecule has 0 radical (unpaired) electrons. The van der Waals surface area contributed by atoms with Crippen molar-refractivity contribution in [1.29, 1.82) is 0 Å². The molecule has 1 fully saturated rings. The van der Waals surface area contributed by atoms with E-state index in [0.717, 1.165) is 35.0 Å². The average molecular weight is 312 g/mol. The van der Waals surface area contributed by atoms with E-state index >= 15 is 0 Å². The summed E-state index contributed by atoms with van der Waals surface area (Å²) in [5.41, 5.74) is 1.79. The molecule has 0 spiro atoms. The van der Waals surface area contributed by atoms with E-state index in [2.05, 4.69) is 21.2 Å². The van der Waals surface area contributed by atoms with Gasteiger partial charge in [-0.25, -0.2) is 0 Å². The molecule has 1 aliphatic heterocycles. The number of rotatable bonds is 2. The summed E-state index contributed by atoms with van der Waals surface area (Å²) in [6, 6.07) is 5.89. The zero-order chi connectivity index (χ0) is 13.1. The second-order valence-electron chi connectivity index (χ2n) is 4.84. The fourth-order valence-corrected chi connectivity index (χ4v) is 2.43. The van der Waals surface area contributed by atoms with Gasteiger partial charge < -0.3 is 10.1 Å². The number of amides is 1. The highest BCUT2D eigenvalue weighted by atomic mass is 79.9. The molecular weight excluding hydrogens is 294 g/mol. The average Bonchev–Trinajstić information content (AvgIpc) is 2.32. The van der Waals surface area contributed by atoms with Crippen molar-refractivity contribution in [1.82, 2.24) is 5.32 Å². The maximum atomic E-state index is 12.1. The van der Waals surface area contributed by atoms with Crippen molar-refractivity contribution in [3.8, 4) is 0 Å². The fraction of sp³-hybridized carbons (Fsp3) is 0.500. The second-order valence-corrected chi connectivity index (χ2v) is 5.69. The number of aryl methyl sites for hydroxylation is 1.